The highest BCUT2D eigenvalue weighted by Crippen LogP contribution is 2.47. The van der Waals surface area contributed by atoms with E-state index in [-0.39, 0.29) is 60.6 Å². The largest absolute Gasteiger partial charge is 0.462 e. The highest BCUT2D eigenvalue weighted by molar-refractivity contribution is 8.00. The number of aromatic nitrogens is 1. The number of β-lactam (4-membered cyclic amide) rings is 1. The molecule has 2 saturated heterocycles. The van der Waals surface area contributed by atoms with Crippen LogP contribution in [0.4, 0.5) is 10.1 Å². The Kier molecular flexibility index (Phi) is 11.1. The lowest BCUT2D eigenvalue weighted by molar-refractivity contribution is -0.153. The molecule has 1 aromatic carbocycles. The van der Waals surface area contributed by atoms with Crippen molar-refractivity contribution in [2.75, 3.05) is 56.7 Å². The van der Waals surface area contributed by atoms with Gasteiger partial charge >= 0.3 is 11.9 Å². The van der Waals surface area contributed by atoms with Crippen LogP contribution >= 0.6 is 34.9 Å². The van der Waals surface area contributed by atoms with Crippen molar-refractivity contribution >= 4 is 75.2 Å². The van der Waals surface area contributed by atoms with Gasteiger partial charge in [0.1, 0.15) is 29.4 Å². The van der Waals surface area contributed by atoms with E-state index < -0.39 is 46.8 Å². The number of thiophene rings is 1. The molecule has 0 radical (unpaired) electrons. The van der Waals surface area contributed by atoms with Gasteiger partial charge in [0.2, 0.25) is 11.3 Å². The van der Waals surface area contributed by atoms with Crippen molar-refractivity contribution in [1.29, 1.82) is 0 Å². The fourth-order valence-electron chi connectivity index (χ4n) is 6.78. The zero-order chi connectivity index (χ0) is 37.4. The average molecular weight is 788 g/mol. The molecule has 0 aliphatic carbocycles. The highest BCUT2D eigenvalue weighted by Gasteiger charge is 2.54. The third-order valence-corrected chi connectivity index (χ3v) is 12.7. The summed E-state index contributed by atoms with van der Waals surface area (Å²) in [6.45, 7) is 5.49. The number of hydrogen-bond acceptors (Lipinski definition) is 14. The molecule has 4 atom stereocenters. The maximum Gasteiger partial charge on any atom is 0.344 e. The zero-order valence-electron chi connectivity index (χ0n) is 28.9. The van der Waals surface area contributed by atoms with Gasteiger partial charge in [-0.1, -0.05) is 17.8 Å². The van der Waals surface area contributed by atoms with Gasteiger partial charge in [-0.3, -0.25) is 24.1 Å². The van der Waals surface area contributed by atoms with Crippen molar-refractivity contribution in [3.05, 3.63) is 67.4 Å². The van der Waals surface area contributed by atoms with E-state index in [1.165, 1.54) is 52.8 Å². The molecular formula is C35H38FN5O9S3. The van der Waals surface area contributed by atoms with E-state index in [1.54, 1.807) is 6.07 Å². The predicted molar refractivity (Wildman–Crippen MR) is 197 cm³/mol. The number of nitrogens with one attached hydrogen (secondary N) is 2. The van der Waals surface area contributed by atoms with Crippen LogP contribution in [0.3, 0.4) is 0 Å². The third-order valence-electron chi connectivity index (χ3n) is 9.34. The lowest BCUT2D eigenvalue weighted by atomic mass is 10.0. The first-order chi connectivity index (χ1) is 25.5. The SMILES string of the molecule is CC(=O)OCC1=C(C(O)OCCCOC(=O)c2c3n(c4cc(N5CCNCC5)c(F)cc4c2=O)C(C)S3)N2C(=O)[C@H](NC(=O)Cc3cccs3)[C@@H]2SC1. The van der Waals surface area contributed by atoms with Crippen LogP contribution in [0.15, 0.2) is 50.7 Å². The maximum absolute atomic E-state index is 15.3. The average Bonchev–Trinajstić information content (AvgIpc) is 3.65. The Labute approximate surface area is 316 Å². The Morgan fingerprint density at radius 3 is 2.66 bits per heavy atom. The summed E-state index contributed by atoms with van der Waals surface area (Å²) in [4.78, 5) is 68.5. The molecule has 0 spiro atoms. The van der Waals surface area contributed by atoms with Gasteiger partial charge in [0, 0.05) is 61.1 Å². The summed E-state index contributed by atoms with van der Waals surface area (Å²) in [5.41, 5.74) is 0.836. The van der Waals surface area contributed by atoms with Crippen LogP contribution in [-0.2, 0) is 35.0 Å². The fraction of sp³-hybridized carbons (Fsp3) is 0.457. The number of piperazine rings is 1. The molecule has 0 bridgehead atoms. The van der Waals surface area contributed by atoms with E-state index >= 15 is 4.39 Å². The van der Waals surface area contributed by atoms with Crippen molar-refractivity contribution in [2.24, 2.45) is 0 Å². The van der Waals surface area contributed by atoms with Crippen LogP contribution in [-0.4, -0.2) is 108 Å². The van der Waals surface area contributed by atoms with Gasteiger partial charge in [-0.25, -0.2) is 9.18 Å². The number of amides is 2. The number of nitrogens with zero attached hydrogens (tertiary/aromatic N) is 3. The van der Waals surface area contributed by atoms with E-state index in [0.717, 1.165) is 18.0 Å². The van der Waals surface area contributed by atoms with Crippen LogP contribution in [0.1, 0.15) is 40.9 Å². The summed E-state index contributed by atoms with van der Waals surface area (Å²) in [6.07, 6.45) is -1.32. The van der Waals surface area contributed by atoms with Crippen molar-refractivity contribution in [3.63, 3.8) is 0 Å². The summed E-state index contributed by atoms with van der Waals surface area (Å²) in [5, 5.41) is 19.0. The number of carbonyl (C=O) groups excluding carboxylic acids is 4. The second kappa shape index (κ2) is 15.8. The summed E-state index contributed by atoms with van der Waals surface area (Å²) in [6, 6.07) is 5.77. The number of anilines is 1. The summed E-state index contributed by atoms with van der Waals surface area (Å²) in [7, 11) is 0. The van der Waals surface area contributed by atoms with Crippen molar-refractivity contribution in [3.8, 4) is 0 Å². The van der Waals surface area contributed by atoms with Crippen LogP contribution in [0.2, 0.25) is 0 Å². The number of thioether (sulfide) groups is 2. The Morgan fingerprint density at radius 2 is 1.94 bits per heavy atom. The van der Waals surface area contributed by atoms with E-state index in [9.17, 15) is 29.1 Å². The molecule has 2 unspecified atom stereocenters. The number of hydrogen-bond donors (Lipinski definition) is 3. The molecule has 6 heterocycles. The third kappa shape index (κ3) is 7.44. The number of fused-ring (bicyclic) bond motifs is 4. The molecule has 53 heavy (non-hydrogen) atoms. The number of aliphatic hydroxyl groups is 1. The van der Waals surface area contributed by atoms with Crippen LogP contribution in [0, 0.1) is 5.82 Å². The number of carbonyl (C=O) groups is 4. The summed E-state index contributed by atoms with van der Waals surface area (Å²) >= 11 is 4.17. The topological polar surface area (TPSA) is 169 Å². The molecule has 4 aliphatic heterocycles. The van der Waals surface area contributed by atoms with E-state index in [4.69, 9.17) is 14.2 Å². The maximum atomic E-state index is 15.3. The molecule has 14 nitrogen and oxygen atoms in total. The minimum Gasteiger partial charge on any atom is -0.462 e. The number of pyridine rings is 1. The first kappa shape index (κ1) is 37.4. The quantitative estimate of drug-likeness (QED) is 0.100. The van der Waals surface area contributed by atoms with Gasteiger partial charge in [0.05, 0.1) is 46.9 Å². The molecule has 4 aliphatic rings. The molecular weight excluding hydrogens is 750 g/mol. The molecule has 2 fully saturated rings. The summed E-state index contributed by atoms with van der Waals surface area (Å²) < 4.78 is 33.5. The van der Waals surface area contributed by atoms with Gasteiger partial charge in [-0.15, -0.1) is 23.1 Å². The van der Waals surface area contributed by atoms with E-state index in [1.807, 2.05) is 33.9 Å². The second-order valence-corrected chi connectivity index (χ2v) is 16.3. The zero-order valence-corrected chi connectivity index (χ0v) is 31.4. The number of aliphatic hydroxyl groups excluding tert-OH is 1. The first-order valence-corrected chi connectivity index (χ1v) is 20.0. The normalized spacial score (nSPS) is 21.4. The Balaban J connectivity index is 0.984. The Bertz CT molecular complexity index is 2030. The smallest absolute Gasteiger partial charge is 0.344 e. The lowest BCUT2D eigenvalue weighted by Gasteiger charge is -2.51. The van der Waals surface area contributed by atoms with Crippen LogP contribution in [0.25, 0.3) is 10.9 Å². The molecule has 7 rings (SSSR count). The molecule has 2 amide bonds. The van der Waals surface area contributed by atoms with Crippen molar-refractivity contribution in [1.82, 2.24) is 20.1 Å². The van der Waals surface area contributed by atoms with Crippen molar-refractivity contribution in [2.45, 2.75) is 54.8 Å². The molecule has 18 heteroatoms. The molecule has 3 aromatic rings. The van der Waals surface area contributed by atoms with Gasteiger partial charge in [0.25, 0.3) is 5.91 Å². The van der Waals surface area contributed by atoms with Gasteiger partial charge in [0.15, 0.2) is 6.29 Å². The molecule has 282 valence electrons. The van der Waals surface area contributed by atoms with Crippen molar-refractivity contribution < 1.29 is 42.9 Å². The molecule has 0 saturated carbocycles. The van der Waals surface area contributed by atoms with E-state index in [2.05, 4.69) is 10.6 Å². The second-order valence-electron chi connectivity index (χ2n) is 12.8. The Morgan fingerprint density at radius 1 is 1.15 bits per heavy atom. The monoisotopic (exact) mass is 787 g/mol. The number of halogens is 1. The van der Waals surface area contributed by atoms with Crippen LogP contribution in [0.5, 0.6) is 0 Å². The number of rotatable bonds is 13. The minimum absolute atomic E-state index is 0.0789. The minimum atomic E-state index is -1.59. The van der Waals surface area contributed by atoms with E-state index in [0.29, 0.717) is 40.6 Å². The summed E-state index contributed by atoms with van der Waals surface area (Å²) in [5.74, 6) is -2.32. The van der Waals surface area contributed by atoms with Gasteiger partial charge in [-0.2, -0.15) is 0 Å². The Hall–Kier alpha value is -3.94. The number of benzene rings is 1. The molecule has 2 aromatic heterocycles. The standard InChI is InChI=1S/C35H38FN5O9S3/c1-18-40-24-15-25(39-8-6-37-7-9-39)23(36)14-22(24)30(44)27(32(40)53-18)34(46)48-10-4-11-49-35(47)29-20(16-50-19(2)42)17-52-33-28(31(45)41(29)33)38-26(43)13-21-5-3-12-51-21/h3,5,12,14-15,18,28,33,35,37,47H,4,6-11,13,16-17H2,1-2H3,(H,38,43)/t18?,28-,33-,35?/m0/s1. The number of ether oxygens (including phenoxy) is 3. The molecule has 3 N–H and O–H groups in total. The fourth-order valence-corrected chi connectivity index (χ4v) is 9.98. The predicted octanol–water partition coefficient (Wildman–Crippen LogP) is 2.58. The van der Waals surface area contributed by atoms with Gasteiger partial charge < -0.3 is 39.4 Å². The van der Waals surface area contributed by atoms with Crippen LogP contribution < -0.4 is 21.0 Å². The van der Waals surface area contributed by atoms with Gasteiger partial charge in [-0.05, 0) is 30.5 Å². The first-order valence-electron chi connectivity index (χ1n) is 17.2. The highest BCUT2D eigenvalue weighted by atomic mass is 32.2. The number of esters is 2. The lowest BCUT2D eigenvalue weighted by Crippen LogP contribution is -2.71.